The lowest BCUT2D eigenvalue weighted by molar-refractivity contribution is 0.155. The highest BCUT2D eigenvalue weighted by Gasteiger charge is 2.20. The lowest BCUT2D eigenvalue weighted by Gasteiger charge is -2.34. The van der Waals surface area contributed by atoms with Gasteiger partial charge in [-0.3, -0.25) is 0 Å². The average molecular weight is 290 g/mol. The van der Waals surface area contributed by atoms with Crippen LogP contribution >= 0.6 is 15.9 Å². The highest BCUT2D eigenvalue weighted by atomic mass is 79.9. The third-order valence-corrected chi connectivity index (χ3v) is 4.80. The molecule has 0 amide bonds. The lowest BCUT2D eigenvalue weighted by atomic mass is 9.95. The van der Waals surface area contributed by atoms with Crippen molar-refractivity contribution in [2.45, 2.75) is 52.4 Å². The van der Waals surface area contributed by atoms with Gasteiger partial charge in [0, 0.05) is 18.4 Å². The van der Waals surface area contributed by atoms with Crippen LogP contribution in [0.1, 0.15) is 52.4 Å². The fraction of sp³-hybridized carbons (Fsp3) is 1.00. The minimum Gasteiger partial charge on any atom is -0.303 e. The molecular weight excluding hydrogens is 262 g/mol. The van der Waals surface area contributed by atoms with Crippen LogP contribution in [-0.2, 0) is 0 Å². The van der Waals surface area contributed by atoms with Crippen molar-refractivity contribution in [2.24, 2.45) is 11.8 Å². The highest BCUT2D eigenvalue weighted by molar-refractivity contribution is 9.09. The maximum absolute atomic E-state index is 3.64. The summed E-state index contributed by atoms with van der Waals surface area (Å²) in [6.07, 6.45) is 8.38. The van der Waals surface area contributed by atoms with Crippen molar-refractivity contribution in [3.05, 3.63) is 0 Å². The highest BCUT2D eigenvalue weighted by Crippen LogP contribution is 2.21. The molecule has 1 heterocycles. The topological polar surface area (TPSA) is 3.24 Å². The molecule has 0 bridgehead atoms. The summed E-state index contributed by atoms with van der Waals surface area (Å²) in [4.78, 5) is 2.71. The summed E-state index contributed by atoms with van der Waals surface area (Å²) in [7, 11) is 0. The van der Waals surface area contributed by atoms with Crippen LogP contribution in [0.3, 0.4) is 0 Å². The second-order valence-corrected chi connectivity index (χ2v) is 5.99. The van der Waals surface area contributed by atoms with Crippen molar-refractivity contribution in [3.8, 4) is 0 Å². The summed E-state index contributed by atoms with van der Waals surface area (Å²) in [5.74, 6) is 1.84. The van der Waals surface area contributed by atoms with Crippen LogP contribution in [0.4, 0.5) is 0 Å². The zero-order valence-electron chi connectivity index (χ0n) is 11.1. The van der Waals surface area contributed by atoms with Crippen molar-refractivity contribution in [1.82, 2.24) is 4.90 Å². The van der Waals surface area contributed by atoms with E-state index in [-0.39, 0.29) is 0 Å². The standard InChI is InChI=1S/C14H28BrN/c1-3-5-7-13(4-2)11-16-9-6-8-14(10-15)12-16/h13-14H,3-12H2,1-2H3. The molecule has 0 saturated carbocycles. The van der Waals surface area contributed by atoms with Gasteiger partial charge in [0.2, 0.25) is 0 Å². The molecular formula is C14H28BrN. The van der Waals surface area contributed by atoms with E-state index in [1.807, 2.05) is 0 Å². The van der Waals surface area contributed by atoms with Gasteiger partial charge in [-0.15, -0.1) is 0 Å². The number of halogens is 1. The Morgan fingerprint density at radius 2 is 2.19 bits per heavy atom. The second kappa shape index (κ2) is 8.52. The Bertz CT molecular complexity index is 172. The van der Waals surface area contributed by atoms with Crippen LogP contribution in [0.2, 0.25) is 0 Å². The van der Waals surface area contributed by atoms with Crippen molar-refractivity contribution in [1.29, 1.82) is 0 Å². The van der Waals surface area contributed by atoms with Crippen LogP contribution in [-0.4, -0.2) is 29.9 Å². The molecule has 0 spiro atoms. The maximum atomic E-state index is 3.64. The first-order chi connectivity index (χ1) is 7.80. The van der Waals surface area contributed by atoms with Crippen LogP contribution < -0.4 is 0 Å². The van der Waals surface area contributed by atoms with Gasteiger partial charge in [0.25, 0.3) is 0 Å². The Morgan fingerprint density at radius 3 is 2.81 bits per heavy atom. The summed E-state index contributed by atoms with van der Waals surface area (Å²) in [5, 5.41) is 1.19. The summed E-state index contributed by atoms with van der Waals surface area (Å²) in [6, 6.07) is 0. The van der Waals surface area contributed by atoms with E-state index in [2.05, 4.69) is 34.7 Å². The molecule has 0 N–H and O–H groups in total. The molecule has 1 nitrogen and oxygen atoms in total. The van der Waals surface area contributed by atoms with Gasteiger partial charge >= 0.3 is 0 Å². The number of alkyl halides is 1. The van der Waals surface area contributed by atoms with E-state index in [4.69, 9.17) is 0 Å². The van der Waals surface area contributed by atoms with Crippen molar-refractivity contribution in [2.75, 3.05) is 25.0 Å². The van der Waals surface area contributed by atoms with E-state index < -0.39 is 0 Å². The van der Waals surface area contributed by atoms with Crippen molar-refractivity contribution in [3.63, 3.8) is 0 Å². The van der Waals surface area contributed by atoms with Gasteiger partial charge in [0.1, 0.15) is 0 Å². The maximum Gasteiger partial charge on any atom is 0.00718 e. The molecule has 96 valence electrons. The van der Waals surface area contributed by atoms with E-state index in [0.29, 0.717) is 0 Å². The van der Waals surface area contributed by atoms with Crippen LogP contribution in [0, 0.1) is 11.8 Å². The molecule has 0 radical (unpaired) electrons. The van der Waals surface area contributed by atoms with Gasteiger partial charge in [-0.2, -0.15) is 0 Å². The Kier molecular flexibility index (Phi) is 7.72. The van der Waals surface area contributed by atoms with Crippen LogP contribution in [0.5, 0.6) is 0 Å². The molecule has 0 aliphatic carbocycles. The fourth-order valence-electron chi connectivity index (χ4n) is 2.73. The SMILES string of the molecule is CCCCC(CC)CN1CCCC(CBr)C1. The molecule has 0 aromatic heterocycles. The minimum absolute atomic E-state index is 0.900. The van der Waals surface area contributed by atoms with E-state index in [1.165, 1.54) is 63.5 Å². The molecule has 1 aliphatic heterocycles. The predicted molar refractivity (Wildman–Crippen MR) is 76.3 cm³/mol. The Labute approximate surface area is 110 Å². The van der Waals surface area contributed by atoms with Crippen molar-refractivity contribution >= 4 is 15.9 Å². The molecule has 1 saturated heterocycles. The van der Waals surface area contributed by atoms with Gasteiger partial charge in [0.15, 0.2) is 0 Å². The number of hydrogen-bond acceptors (Lipinski definition) is 1. The first-order valence-electron chi connectivity index (χ1n) is 7.08. The van der Waals surface area contributed by atoms with Gasteiger partial charge in [-0.1, -0.05) is 49.0 Å². The Morgan fingerprint density at radius 1 is 1.38 bits per heavy atom. The molecule has 1 fully saturated rings. The van der Waals surface area contributed by atoms with E-state index in [0.717, 1.165) is 11.8 Å². The first-order valence-corrected chi connectivity index (χ1v) is 8.20. The average Bonchev–Trinajstić information content (AvgIpc) is 2.34. The normalized spacial score (nSPS) is 24.6. The molecule has 0 aromatic rings. The second-order valence-electron chi connectivity index (χ2n) is 5.34. The fourth-order valence-corrected chi connectivity index (χ4v) is 3.25. The van der Waals surface area contributed by atoms with Crippen LogP contribution in [0.15, 0.2) is 0 Å². The van der Waals surface area contributed by atoms with Gasteiger partial charge in [0.05, 0.1) is 0 Å². The Hall–Kier alpha value is 0.440. The van der Waals surface area contributed by atoms with Gasteiger partial charge in [-0.05, 0) is 37.6 Å². The summed E-state index contributed by atoms with van der Waals surface area (Å²) >= 11 is 3.64. The smallest absolute Gasteiger partial charge is 0.00718 e. The third-order valence-electron chi connectivity index (χ3n) is 3.88. The monoisotopic (exact) mass is 289 g/mol. The largest absolute Gasteiger partial charge is 0.303 e. The van der Waals surface area contributed by atoms with Crippen LogP contribution in [0.25, 0.3) is 0 Å². The first kappa shape index (κ1) is 14.5. The minimum atomic E-state index is 0.900. The van der Waals surface area contributed by atoms with Crippen molar-refractivity contribution < 1.29 is 0 Å². The quantitative estimate of drug-likeness (QED) is 0.632. The molecule has 2 unspecified atom stereocenters. The molecule has 1 aliphatic rings. The number of piperidine rings is 1. The predicted octanol–water partition coefficient (Wildman–Crippen LogP) is 4.31. The number of hydrogen-bond donors (Lipinski definition) is 0. The number of unbranched alkanes of at least 4 members (excludes halogenated alkanes) is 1. The zero-order chi connectivity index (χ0) is 11.8. The zero-order valence-corrected chi connectivity index (χ0v) is 12.6. The molecule has 0 aromatic carbocycles. The summed E-state index contributed by atoms with van der Waals surface area (Å²) in [5.41, 5.74) is 0. The third kappa shape index (κ3) is 5.18. The number of rotatable bonds is 7. The summed E-state index contributed by atoms with van der Waals surface area (Å²) < 4.78 is 0. The summed E-state index contributed by atoms with van der Waals surface area (Å²) in [6.45, 7) is 8.67. The molecule has 16 heavy (non-hydrogen) atoms. The molecule has 2 atom stereocenters. The molecule has 2 heteroatoms. The van der Waals surface area contributed by atoms with Gasteiger partial charge in [-0.25, -0.2) is 0 Å². The lowest BCUT2D eigenvalue weighted by Crippen LogP contribution is -2.39. The number of nitrogens with zero attached hydrogens (tertiary/aromatic N) is 1. The number of likely N-dealkylation sites (tertiary alicyclic amines) is 1. The van der Waals surface area contributed by atoms with E-state index >= 15 is 0 Å². The van der Waals surface area contributed by atoms with E-state index in [1.54, 1.807) is 0 Å². The van der Waals surface area contributed by atoms with Gasteiger partial charge < -0.3 is 4.90 Å². The Balaban J connectivity index is 2.27. The molecule has 1 rings (SSSR count). The van der Waals surface area contributed by atoms with E-state index in [9.17, 15) is 0 Å².